The van der Waals surface area contributed by atoms with Gasteiger partial charge < -0.3 is 27.9 Å². The molecular weight excluding hydrogens is 821 g/mol. The molecule has 67 heavy (non-hydrogen) atoms. The number of benzene rings is 9. The van der Waals surface area contributed by atoms with Crippen LogP contribution in [0.5, 0.6) is 23.0 Å². The molecule has 3 aliphatic heterocycles. The van der Waals surface area contributed by atoms with Gasteiger partial charge in [-0.15, -0.1) is 0 Å². The van der Waals surface area contributed by atoms with Gasteiger partial charge in [-0.05, 0) is 108 Å². The van der Waals surface area contributed by atoms with E-state index in [4.69, 9.17) is 13.9 Å². The van der Waals surface area contributed by atoms with Crippen LogP contribution >= 0.6 is 0 Å². The summed E-state index contributed by atoms with van der Waals surface area (Å²) in [6.07, 6.45) is 9.01. The van der Waals surface area contributed by atoms with Gasteiger partial charge >= 0.3 is 0 Å². The molecule has 7 heteroatoms. The molecule has 0 amide bonds. The van der Waals surface area contributed by atoms with E-state index in [1.54, 1.807) is 0 Å². The SMILES string of the molecule is C1=CC2c3c(ccc4c3oc3ccccc34)N(c3ccc4c(c3)B3c5cc(-n6c7ccccc7c7c6ccc6c8ccccc8n(-c8ccccc8)c67)ccc5Oc5cccc(c53)O4)C2C=C1. The lowest BCUT2D eigenvalue weighted by Gasteiger charge is -2.34. The zero-order valence-electron chi connectivity index (χ0n) is 35.9. The number of rotatable bonds is 3. The number of nitrogens with zero attached hydrogens (tertiary/aromatic N) is 3. The van der Waals surface area contributed by atoms with E-state index in [0.717, 1.165) is 95.1 Å². The van der Waals surface area contributed by atoms with Gasteiger partial charge in [-0.1, -0.05) is 109 Å². The van der Waals surface area contributed by atoms with Crippen LogP contribution in [0.3, 0.4) is 0 Å². The van der Waals surface area contributed by atoms with Crippen LogP contribution in [0.4, 0.5) is 11.4 Å². The monoisotopic (exact) mass is 857 g/mol. The van der Waals surface area contributed by atoms with Crippen LogP contribution in [-0.2, 0) is 0 Å². The highest BCUT2D eigenvalue weighted by atomic mass is 16.5. The first-order chi connectivity index (χ1) is 33.2. The van der Waals surface area contributed by atoms with E-state index in [-0.39, 0.29) is 18.7 Å². The summed E-state index contributed by atoms with van der Waals surface area (Å²) in [5, 5.41) is 7.22. The summed E-state index contributed by atoms with van der Waals surface area (Å²) in [7, 11) is 0. The van der Waals surface area contributed by atoms with Crippen molar-refractivity contribution in [3.63, 3.8) is 0 Å². The summed E-state index contributed by atoms with van der Waals surface area (Å²) in [6.45, 7) is -0.142. The molecule has 6 heterocycles. The minimum atomic E-state index is -0.142. The lowest BCUT2D eigenvalue weighted by Crippen LogP contribution is -2.57. The predicted molar refractivity (Wildman–Crippen MR) is 273 cm³/mol. The molecule has 0 saturated heterocycles. The molecule has 16 rings (SSSR count). The Morgan fingerprint density at radius 1 is 0.448 bits per heavy atom. The number of allylic oxidation sites excluding steroid dienone is 2. The molecule has 4 aliphatic rings. The first kappa shape index (κ1) is 35.6. The molecule has 0 N–H and O–H groups in total. The lowest BCUT2D eigenvalue weighted by atomic mass is 9.35. The molecule has 1 aliphatic carbocycles. The maximum atomic E-state index is 6.83. The third kappa shape index (κ3) is 4.69. The summed E-state index contributed by atoms with van der Waals surface area (Å²) in [5.74, 6) is 3.49. The number of furan rings is 1. The summed E-state index contributed by atoms with van der Waals surface area (Å²) in [6, 6.07) is 65.6. The molecule has 2 unspecified atom stereocenters. The van der Waals surface area contributed by atoms with E-state index in [1.165, 1.54) is 38.1 Å². The van der Waals surface area contributed by atoms with E-state index in [2.05, 4.69) is 208 Å². The van der Waals surface area contributed by atoms with Crippen molar-refractivity contribution in [2.45, 2.75) is 12.0 Å². The highest BCUT2D eigenvalue weighted by Gasteiger charge is 2.43. The maximum Gasteiger partial charge on any atom is 0.260 e. The van der Waals surface area contributed by atoms with Crippen LogP contribution in [0.2, 0.25) is 0 Å². The van der Waals surface area contributed by atoms with Crippen molar-refractivity contribution in [1.82, 2.24) is 9.13 Å². The minimum Gasteiger partial charge on any atom is -0.458 e. The first-order valence-electron chi connectivity index (χ1n) is 23.1. The standard InChI is InChI=1S/C60H36BN3O3/c1-2-13-35(14-3-1)64-46-19-8-4-15-38(46)40-27-29-49-56(59(40)64)42-17-5-9-20-47(42)62(49)36-25-31-52-44(33-36)61-45-34-37(26-32-53(45)66-55-24-12-23-54(65-52)58(55)61)63-48-21-10-6-18-43(48)57-50(63)30-28-41-39-16-7-11-22-51(39)67-60(41)57/h1-34,43,48H. The Kier molecular flexibility index (Phi) is 6.91. The van der Waals surface area contributed by atoms with Gasteiger partial charge in [0.15, 0.2) is 0 Å². The first-order valence-corrected chi connectivity index (χ1v) is 23.1. The van der Waals surface area contributed by atoms with E-state index in [9.17, 15) is 0 Å². The maximum absolute atomic E-state index is 6.83. The van der Waals surface area contributed by atoms with Crippen LogP contribution in [0.25, 0.3) is 76.9 Å². The van der Waals surface area contributed by atoms with Gasteiger partial charge in [0.05, 0.1) is 28.1 Å². The molecule has 0 fully saturated rings. The number of fused-ring (bicyclic) bond motifs is 18. The van der Waals surface area contributed by atoms with Crippen molar-refractivity contribution in [1.29, 1.82) is 0 Å². The molecule has 0 radical (unpaired) electrons. The summed E-state index contributed by atoms with van der Waals surface area (Å²) in [5.41, 5.74) is 15.6. The predicted octanol–water partition coefficient (Wildman–Crippen LogP) is 13.2. The molecule has 0 spiro atoms. The van der Waals surface area contributed by atoms with Crippen molar-refractivity contribution in [3.05, 3.63) is 212 Å². The van der Waals surface area contributed by atoms with Gasteiger partial charge in [0, 0.05) is 72.0 Å². The Labute approximate surface area is 384 Å². The molecule has 3 aromatic heterocycles. The Balaban J connectivity index is 0.905. The molecule has 0 bridgehead atoms. The van der Waals surface area contributed by atoms with Crippen LogP contribution < -0.4 is 30.8 Å². The quantitative estimate of drug-likeness (QED) is 0.166. The third-order valence-electron chi connectivity index (χ3n) is 14.9. The second-order valence-electron chi connectivity index (χ2n) is 18.3. The minimum absolute atomic E-state index is 0.0835. The van der Waals surface area contributed by atoms with Crippen molar-refractivity contribution in [2.75, 3.05) is 4.90 Å². The highest BCUT2D eigenvalue weighted by molar-refractivity contribution is 6.98. The summed E-state index contributed by atoms with van der Waals surface area (Å²) >= 11 is 0. The van der Waals surface area contributed by atoms with Gasteiger partial charge in [-0.2, -0.15) is 0 Å². The van der Waals surface area contributed by atoms with Crippen molar-refractivity contribution >= 4 is 100 Å². The molecule has 6 nitrogen and oxygen atoms in total. The molecule has 312 valence electrons. The molecule has 9 aromatic carbocycles. The van der Waals surface area contributed by atoms with E-state index < -0.39 is 0 Å². The number of hydrogen-bond acceptors (Lipinski definition) is 4. The van der Waals surface area contributed by atoms with Gasteiger partial charge in [-0.25, -0.2) is 0 Å². The van der Waals surface area contributed by atoms with Gasteiger partial charge in [0.2, 0.25) is 0 Å². The number of hydrogen-bond donors (Lipinski definition) is 0. The third-order valence-corrected chi connectivity index (χ3v) is 14.9. The number of anilines is 2. The largest absolute Gasteiger partial charge is 0.458 e. The topological polar surface area (TPSA) is 44.7 Å². The molecule has 2 atom stereocenters. The van der Waals surface area contributed by atoms with Gasteiger partial charge in [0.25, 0.3) is 6.71 Å². The zero-order chi connectivity index (χ0) is 43.5. The van der Waals surface area contributed by atoms with Gasteiger partial charge in [-0.3, -0.25) is 0 Å². The fourth-order valence-electron chi connectivity index (χ4n) is 12.2. The van der Waals surface area contributed by atoms with Crippen molar-refractivity contribution in [2.24, 2.45) is 0 Å². The average molecular weight is 858 g/mol. The number of ether oxygens (including phenoxy) is 2. The second kappa shape index (κ2) is 13.0. The summed E-state index contributed by atoms with van der Waals surface area (Å²) in [4.78, 5) is 2.50. The van der Waals surface area contributed by atoms with Crippen LogP contribution in [0.1, 0.15) is 11.5 Å². The highest BCUT2D eigenvalue weighted by Crippen LogP contribution is 2.52. The van der Waals surface area contributed by atoms with Gasteiger partial charge in [0.1, 0.15) is 34.2 Å². The Morgan fingerprint density at radius 2 is 1.12 bits per heavy atom. The number of para-hydroxylation sites is 4. The van der Waals surface area contributed by atoms with Crippen LogP contribution in [0, 0.1) is 0 Å². The Morgan fingerprint density at radius 3 is 1.94 bits per heavy atom. The average Bonchev–Trinajstić information content (AvgIpc) is 4.13. The summed E-state index contributed by atoms with van der Waals surface area (Å²) < 4.78 is 25.2. The lowest BCUT2D eigenvalue weighted by molar-refractivity contribution is 0.464. The van der Waals surface area contributed by atoms with E-state index in [1.807, 2.05) is 12.1 Å². The fraction of sp³-hybridized carbons (Fsp3) is 0.0333. The molecule has 12 aromatic rings. The Bertz CT molecular complexity index is 4200. The second-order valence-corrected chi connectivity index (χ2v) is 18.3. The van der Waals surface area contributed by atoms with E-state index >= 15 is 0 Å². The smallest absolute Gasteiger partial charge is 0.260 e. The zero-order valence-corrected chi connectivity index (χ0v) is 35.9. The van der Waals surface area contributed by atoms with Crippen molar-refractivity contribution in [3.8, 4) is 34.4 Å². The molecule has 0 saturated carbocycles. The van der Waals surface area contributed by atoms with Crippen LogP contribution in [-0.4, -0.2) is 21.9 Å². The van der Waals surface area contributed by atoms with Crippen molar-refractivity contribution < 1.29 is 13.9 Å². The number of aromatic nitrogens is 2. The Hall–Kier alpha value is -8.68. The van der Waals surface area contributed by atoms with Crippen LogP contribution in [0.15, 0.2) is 211 Å². The normalized spacial score (nSPS) is 16.4. The van der Waals surface area contributed by atoms with E-state index in [0.29, 0.717) is 0 Å². The molecular formula is C60H36BN3O3. The fourth-order valence-corrected chi connectivity index (χ4v) is 12.2.